The Kier molecular flexibility index (Phi) is 6.81. The van der Waals surface area contributed by atoms with E-state index in [0.29, 0.717) is 29.5 Å². The molecule has 1 amide bonds. The number of rotatable bonds is 7. The zero-order valence-corrected chi connectivity index (χ0v) is 19.7. The molecule has 2 heterocycles. The van der Waals surface area contributed by atoms with Crippen LogP contribution >= 0.6 is 0 Å². The topological polar surface area (TPSA) is 90.9 Å². The van der Waals surface area contributed by atoms with E-state index in [1.165, 1.54) is 11.0 Å². The van der Waals surface area contributed by atoms with Gasteiger partial charge in [-0.1, -0.05) is 63.9 Å². The smallest absolute Gasteiger partial charge is 0.333 e. The molecule has 1 fully saturated rings. The molecule has 0 aliphatic heterocycles. The van der Waals surface area contributed by atoms with Crippen molar-refractivity contribution in [2.45, 2.75) is 72.1 Å². The third-order valence-corrected chi connectivity index (χ3v) is 6.49. The quantitative estimate of drug-likeness (QED) is 0.598. The molecule has 1 N–H and O–H groups in total. The summed E-state index contributed by atoms with van der Waals surface area (Å²) in [5.74, 6) is 0.387. The minimum absolute atomic E-state index is 0.0868. The molecule has 8 heteroatoms. The average Bonchev–Trinajstić information content (AvgIpc) is 3.19. The van der Waals surface area contributed by atoms with Gasteiger partial charge in [-0.3, -0.25) is 14.2 Å². The fourth-order valence-corrected chi connectivity index (χ4v) is 4.75. The lowest BCUT2D eigenvalue weighted by Gasteiger charge is -2.29. The van der Waals surface area contributed by atoms with Crippen LogP contribution in [0.15, 0.2) is 46.2 Å². The van der Waals surface area contributed by atoms with Gasteiger partial charge in [0.05, 0.1) is 12.9 Å². The maximum atomic E-state index is 13.4. The summed E-state index contributed by atoms with van der Waals surface area (Å²) in [5, 5.41) is 3.06. The van der Waals surface area contributed by atoms with Gasteiger partial charge in [0.1, 0.15) is 6.54 Å². The molecule has 0 spiro atoms. The van der Waals surface area contributed by atoms with Crippen LogP contribution in [-0.2, 0) is 24.4 Å². The lowest BCUT2D eigenvalue weighted by molar-refractivity contribution is -0.123. The summed E-state index contributed by atoms with van der Waals surface area (Å²) in [4.78, 5) is 44.2. The molecule has 3 aromatic rings. The van der Waals surface area contributed by atoms with Crippen molar-refractivity contribution in [1.82, 2.24) is 24.0 Å². The van der Waals surface area contributed by atoms with E-state index in [1.54, 1.807) is 10.9 Å². The van der Waals surface area contributed by atoms with E-state index in [2.05, 4.69) is 31.1 Å². The molecule has 0 saturated heterocycles. The molecule has 1 saturated carbocycles. The molecule has 1 aliphatic rings. The van der Waals surface area contributed by atoms with Gasteiger partial charge >= 0.3 is 5.69 Å². The normalized spacial score (nSPS) is 18.7. The minimum atomic E-state index is -0.516. The molecule has 0 radical (unpaired) electrons. The molecule has 0 bridgehead atoms. The van der Waals surface area contributed by atoms with Crippen LogP contribution < -0.4 is 16.6 Å². The van der Waals surface area contributed by atoms with Crippen LogP contribution in [0.2, 0.25) is 0 Å². The molecule has 4 rings (SSSR count). The van der Waals surface area contributed by atoms with Crippen LogP contribution in [0.25, 0.3) is 11.2 Å². The van der Waals surface area contributed by atoms with Crippen molar-refractivity contribution in [3.05, 3.63) is 63.1 Å². The summed E-state index contributed by atoms with van der Waals surface area (Å²) in [5.41, 5.74) is 0.650. The lowest BCUT2D eigenvalue weighted by Crippen LogP contribution is -2.47. The zero-order valence-electron chi connectivity index (χ0n) is 19.7. The van der Waals surface area contributed by atoms with Gasteiger partial charge in [-0.05, 0) is 30.2 Å². The summed E-state index contributed by atoms with van der Waals surface area (Å²) in [6, 6.07) is 9.67. The Morgan fingerprint density at radius 3 is 2.55 bits per heavy atom. The predicted molar refractivity (Wildman–Crippen MR) is 128 cm³/mol. The molecule has 0 unspecified atom stereocenters. The average molecular weight is 452 g/mol. The SMILES string of the molecule is CC(C)Cn1cnc2c1c(=O)n(CC(=O)N[C@@H]1CCCC[C@@H]1C)c(=O)n2Cc1ccccc1. The van der Waals surface area contributed by atoms with Gasteiger partial charge < -0.3 is 9.88 Å². The summed E-state index contributed by atoms with van der Waals surface area (Å²) < 4.78 is 4.35. The van der Waals surface area contributed by atoms with Crippen LogP contribution in [0.5, 0.6) is 0 Å². The molecular formula is C25H33N5O3. The van der Waals surface area contributed by atoms with Crippen LogP contribution in [0.1, 0.15) is 52.0 Å². The van der Waals surface area contributed by atoms with E-state index >= 15 is 0 Å². The third-order valence-electron chi connectivity index (χ3n) is 6.49. The van der Waals surface area contributed by atoms with Gasteiger partial charge in [0.25, 0.3) is 5.56 Å². The number of carbonyl (C=O) groups excluding carboxylic acids is 1. The Morgan fingerprint density at radius 1 is 1.12 bits per heavy atom. The molecular weight excluding hydrogens is 418 g/mol. The second kappa shape index (κ2) is 9.77. The van der Waals surface area contributed by atoms with E-state index < -0.39 is 11.2 Å². The van der Waals surface area contributed by atoms with Crippen molar-refractivity contribution in [3.63, 3.8) is 0 Å². The standard InChI is InChI=1S/C25H33N5O3/c1-17(2)13-28-16-26-23-22(28)24(32)30(15-21(31)27-20-12-8-7-9-18(20)3)25(33)29(23)14-19-10-5-4-6-11-19/h4-6,10-11,16-18,20H,7-9,12-15H2,1-3H3,(H,27,31)/t18-,20+/m0/s1. The van der Waals surface area contributed by atoms with Crippen molar-refractivity contribution in [1.29, 1.82) is 0 Å². The molecule has 1 aromatic carbocycles. The Labute approximate surface area is 193 Å². The predicted octanol–water partition coefficient (Wildman–Crippen LogP) is 2.76. The highest BCUT2D eigenvalue weighted by molar-refractivity contribution is 5.77. The third kappa shape index (κ3) is 4.94. The van der Waals surface area contributed by atoms with Gasteiger partial charge in [-0.2, -0.15) is 0 Å². The first-order chi connectivity index (χ1) is 15.8. The van der Waals surface area contributed by atoms with E-state index in [1.807, 2.05) is 30.3 Å². The van der Waals surface area contributed by atoms with Gasteiger partial charge in [-0.15, -0.1) is 0 Å². The molecule has 2 atom stereocenters. The summed E-state index contributed by atoms with van der Waals surface area (Å²) in [6.45, 7) is 6.84. The first-order valence-electron chi connectivity index (χ1n) is 11.9. The van der Waals surface area contributed by atoms with Gasteiger partial charge in [0, 0.05) is 12.6 Å². The Balaban J connectivity index is 1.75. The number of aromatic nitrogens is 4. The number of amides is 1. The van der Waals surface area contributed by atoms with Crippen molar-refractivity contribution < 1.29 is 4.79 Å². The number of imidazole rings is 1. The Hall–Kier alpha value is -3.16. The van der Waals surface area contributed by atoms with E-state index in [0.717, 1.165) is 29.4 Å². The van der Waals surface area contributed by atoms with Crippen molar-refractivity contribution in [2.24, 2.45) is 11.8 Å². The van der Waals surface area contributed by atoms with Crippen LogP contribution in [0, 0.1) is 11.8 Å². The molecule has 176 valence electrons. The zero-order chi connectivity index (χ0) is 23.5. The lowest BCUT2D eigenvalue weighted by atomic mass is 9.86. The molecule has 2 aromatic heterocycles. The largest absolute Gasteiger partial charge is 0.352 e. The van der Waals surface area contributed by atoms with Gasteiger partial charge in [0.15, 0.2) is 11.2 Å². The number of benzene rings is 1. The maximum Gasteiger partial charge on any atom is 0.333 e. The van der Waals surface area contributed by atoms with Crippen molar-refractivity contribution in [2.75, 3.05) is 0 Å². The van der Waals surface area contributed by atoms with Crippen LogP contribution in [-0.4, -0.2) is 30.6 Å². The second-order valence-corrected chi connectivity index (χ2v) is 9.64. The second-order valence-electron chi connectivity index (χ2n) is 9.64. The van der Waals surface area contributed by atoms with E-state index in [-0.39, 0.29) is 25.0 Å². The van der Waals surface area contributed by atoms with Gasteiger partial charge in [0.2, 0.25) is 5.91 Å². The highest BCUT2D eigenvalue weighted by Crippen LogP contribution is 2.23. The molecule has 33 heavy (non-hydrogen) atoms. The molecule has 1 aliphatic carbocycles. The highest BCUT2D eigenvalue weighted by atomic mass is 16.2. The number of carbonyl (C=O) groups is 1. The highest BCUT2D eigenvalue weighted by Gasteiger charge is 2.25. The first-order valence-corrected chi connectivity index (χ1v) is 11.9. The monoisotopic (exact) mass is 451 g/mol. The molecule has 8 nitrogen and oxygen atoms in total. The first kappa shape index (κ1) is 23.0. The van der Waals surface area contributed by atoms with Crippen molar-refractivity contribution in [3.8, 4) is 0 Å². The summed E-state index contributed by atoms with van der Waals surface area (Å²) >= 11 is 0. The van der Waals surface area contributed by atoms with E-state index in [9.17, 15) is 14.4 Å². The fraction of sp³-hybridized carbons (Fsp3) is 0.520. The summed E-state index contributed by atoms with van der Waals surface area (Å²) in [7, 11) is 0. The van der Waals surface area contributed by atoms with Crippen LogP contribution in [0.3, 0.4) is 0 Å². The number of nitrogens with zero attached hydrogens (tertiary/aromatic N) is 4. The Morgan fingerprint density at radius 2 is 1.85 bits per heavy atom. The van der Waals surface area contributed by atoms with Crippen molar-refractivity contribution >= 4 is 17.1 Å². The number of hydrogen-bond acceptors (Lipinski definition) is 4. The fourth-order valence-electron chi connectivity index (χ4n) is 4.75. The minimum Gasteiger partial charge on any atom is -0.352 e. The number of fused-ring (bicyclic) bond motifs is 1. The van der Waals surface area contributed by atoms with Gasteiger partial charge in [-0.25, -0.2) is 14.3 Å². The summed E-state index contributed by atoms with van der Waals surface area (Å²) in [6.07, 6.45) is 5.88. The number of nitrogens with one attached hydrogen (secondary N) is 1. The number of hydrogen-bond donors (Lipinski definition) is 1. The Bertz CT molecular complexity index is 1240. The van der Waals surface area contributed by atoms with E-state index in [4.69, 9.17) is 0 Å². The van der Waals surface area contributed by atoms with Crippen LogP contribution in [0.4, 0.5) is 0 Å². The maximum absolute atomic E-state index is 13.4.